The van der Waals surface area contributed by atoms with E-state index >= 15 is 0 Å². The summed E-state index contributed by atoms with van der Waals surface area (Å²) in [6.45, 7) is 2.53. The van der Waals surface area contributed by atoms with Gasteiger partial charge in [-0.2, -0.15) is 0 Å². The standard InChI is InChI=1S/C29H31NO7/c1-17(18-6-4-3-5-7-18)35-23(32)10-11-24(33)36-21-12-13-29(34)22-16-19-8-9-20(31)26-25(19)28(29,27(21)37-26)14-15-30(22)2/h3-9,12,17,22,27,31,34H,10-11,13-16H2,1-2H3/t17-,22-,27?,28?,29-/m1/s1. The molecule has 2 aliphatic heterocycles. The zero-order valence-corrected chi connectivity index (χ0v) is 21.0. The number of benzene rings is 2. The molecule has 1 fully saturated rings. The van der Waals surface area contributed by atoms with Gasteiger partial charge in [-0.25, -0.2) is 0 Å². The molecular formula is C29H31NO7. The lowest BCUT2D eigenvalue weighted by Gasteiger charge is -2.61. The average molecular weight is 506 g/mol. The number of hydrogen-bond donors (Lipinski definition) is 2. The number of aromatic hydroxyl groups is 1. The molecule has 37 heavy (non-hydrogen) atoms. The second-order valence-electron chi connectivity index (χ2n) is 10.6. The Bertz CT molecular complexity index is 1290. The van der Waals surface area contributed by atoms with Gasteiger partial charge in [0, 0.05) is 18.0 Å². The molecule has 6 rings (SSSR count). The first kappa shape index (κ1) is 24.0. The van der Waals surface area contributed by atoms with Gasteiger partial charge in [0.15, 0.2) is 17.6 Å². The van der Waals surface area contributed by atoms with Gasteiger partial charge in [-0.1, -0.05) is 36.4 Å². The summed E-state index contributed by atoms with van der Waals surface area (Å²) in [6, 6.07) is 12.8. The van der Waals surface area contributed by atoms with Gasteiger partial charge >= 0.3 is 11.9 Å². The highest BCUT2D eigenvalue weighted by Crippen LogP contribution is 2.65. The molecule has 2 heterocycles. The minimum absolute atomic E-state index is 0.0169. The Labute approximate surface area is 215 Å². The van der Waals surface area contributed by atoms with Crippen LogP contribution in [0.25, 0.3) is 0 Å². The van der Waals surface area contributed by atoms with E-state index in [1.54, 1.807) is 19.1 Å². The van der Waals surface area contributed by atoms with Crippen LogP contribution < -0.4 is 4.74 Å². The van der Waals surface area contributed by atoms with Crippen molar-refractivity contribution >= 4 is 11.9 Å². The molecule has 0 saturated carbocycles. The molecule has 2 aromatic carbocycles. The van der Waals surface area contributed by atoms with Crippen LogP contribution in [0.5, 0.6) is 11.5 Å². The van der Waals surface area contributed by atoms with Crippen LogP contribution in [0.3, 0.4) is 0 Å². The van der Waals surface area contributed by atoms with E-state index in [-0.39, 0.29) is 24.6 Å². The van der Waals surface area contributed by atoms with Gasteiger partial charge in [-0.05, 0) is 56.6 Å². The fourth-order valence-corrected chi connectivity index (χ4v) is 6.87. The number of phenolic OH excluding ortho intramolecular Hbond substituents is 1. The smallest absolute Gasteiger partial charge is 0.311 e. The molecule has 8 nitrogen and oxygen atoms in total. The molecule has 2 N–H and O–H groups in total. The number of nitrogens with zero attached hydrogens (tertiary/aromatic N) is 1. The van der Waals surface area contributed by atoms with E-state index in [9.17, 15) is 19.8 Å². The molecule has 8 heteroatoms. The fourth-order valence-electron chi connectivity index (χ4n) is 6.87. The molecule has 194 valence electrons. The molecule has 2 bridgehead atoms. The highest BCUT2D eigenvalue weighted by atomic mass is 16.6. The number of hydrogen-bond acceptors (Lipinski definition) is 8. The molecule has 2 aliphatic carbocycles. The number of piperidine rings is 1. The van der Waals surface area contributed by atoms with E-state index in [4.69, 9.17) is 14.2 Å². The van der Waals surface area contributed by atoms with Crippen molar-refractivity contribution in [3.05, 3.63) is 71.0 Å². The molecular weight excluding hydrogens is 474 g/mol. The van der Waals surface area contributed by atoms with Gasteiger partial charge in [0.05, 0.1) is 23.9 Å². The zero-order chi connectivity index (χ0) is 25.9. The monoisotopic (exact) mass is 505 g/mol. The Kier molecular flexibility index (Phi) is 5.58. The number of likely N-dealkylation sites (N-methyl/N-ethyl adjacent to an activating group) is 1. The number of carbonyl (C=O) groups is 2. The van der Waals surface area contributed by atoms with Crippen molar-refractivity contribution in [2.24, 2.45) is 0 Å². The number of phenols is 1. The molecule has 0 amide bonds. The van der Waals surface area contributed by atoms with Gasteiger partial charge in [-0.3, -0.25) is 9.59 Å². The summed E-state index contributed by atoms with van der Waals surface area (Å²) < 4.78 is 17.5. The highest BCUT2D eigenvalue weighted by Gasteiger charge is 2.72. The minimum Gasteiger partial charge on any atom is -0.504 e. The maximum Gasteiger partial charge on any atom is 0.311 e. The first-order valence-electron chi connectivity index (χ1n) is 12.8. The SMILES string of the molecule is C[C@@H](OC(=O)CCC(=O)OC1=CC[C@@]2(O)[C@H]3Cc4ccc(O)c5c4C2(CCN3C)C1O5)c1ccccc1. The van der Waals surface area contributed by atoms with Gasteiger partial charge in [0.25, 0.3) is 0 Å². The van der Waals surface area contributed by atoms with Crippen LogP contribution in [0, 0.1) is 0 Å². The number of carbonyl (C=O) groups excluding carboxylic acids is 2. The topological polar surface area (TPSA) is 106 Å². The number of ether oxygens (including phenoxy) is 3. The van der Waals surface area contributed by atoms with Crippen molar-refractivity contribution in [1.82, 2.24) is 4.90 Å². The molecule has 5 atom stereocenters. The summed E-state index contributed by atoms with van der Waals surface area (Å²) in [5.74, 6) is -0.341. The summed E-state index contributed by atoms with van der Waals surface area (Å²) in [5.41, 5.74) is 0.815. The van der Waals surface area contributed by atoms with Gasteiger partial charge in [0.1, 0.15) is 11.9 Å². The third-order valence-corrected chi connectivity index (χ3v) is 8.70. The minimum atomic E-state index is -1.12. The highest BCUT2D eigenvalue weighted by molar-refractivity contribution is 5.78. The van der Waals surface area contributed by atoms with Crippen LogP contribution in [-0.2, 0) is 30.9 Å². The fraction of sp³-hybridized carbons (Fsp3) is 0.448. The van der Waals surface area contributed by atoms with E-state index < -0.39 is 35.2 Å². The first-order valence-corrected chi connectivity index (χ1v) is 12.8. The summed E-state index contributed by atoms with van der Waals surface area (Å²) in [4.78, 5) is 27.4. The molecule has 0 radical (unpaired) electrons. The summed E-state index contributed by atoms with van der Waals surface area (Å²) in [5, 5.41) is 22.7. The van der Waals surface area contributed by atoms with Gasteiger partial charge in [-0.15, -0.1) is 0 Å². The third kappa shape index (κ3) is 3.49. The molecule has 2 unspecified atom stereocenters. The number of esters is 2. The Balaban J connectivity index is 1.19. The second-order valence-corrected chi connectivity index (χ2v) is 10.6. The Hall–Kier alpha value is -3.36. The van der Waals surface area contributed by atoms with E-state index in [0.717, 1.165) is 23.2 Å². The first-order chi connectivity index (χ1) is 17.7. The van der Waals surface area contributed by atoms with Crippen molar-refractivity contribution in [2.45, 2.75) is 68.3 Å². The lowest BCUT2D eigenvalue weighted by Crippen LogP contribution is -2.74. The summed E-state index contributed by atoms with van der Waals surface area (Å²) in [7, 11) is 2.02. The number of rotatable bonds is 6. The van der Waals surface area contributed by atoms with E-state index in [1.165, 1.54) is 0 Å². The van der Waals surface area contributed by atoms with Crippen molar-refractivity contribution in [3.8, 4) is 11.5 Å². The van der Waals surface area contributed by atoms with Crippen LogP contribution >= 0.6 is 0 Å². The van der Waals surface area contributed by atoms with Gasteiger partial charge < -0.3 is 29.3 Å². The van der Waals surface area contributed by atoms with Crippen LogP contribution in [0.15, 0.2) is 54.3 Å². The average Bonchev–Trinajstić information content (AvgIpc) is 3.25. The predicted octanol–water partition coefficient (Wildman–Crippen LogP) is 3.30. The van der Waals surface area contributed by atoms with Crippen molar-refractivity contribution in [1.29, 1.82) is 0 Å². The Morgan fingerprint density at radius 3 is 2.70 bits per heavy atom. The van der Waals surface area contributed by atoms with E-state index in [2.05, 4.69) is 4.90 Å². The lowest BCUT2D eigenvalue weighted by atomic mass is 9.50. The normalized spacial score (nSPS) is 30.0. The molecule has 1 saturated heterocycles. The zero-order valence-electron chi connectivity index (χ0n) is 21.0. The largest absolute Gasteiger partial charge is 0.504 e. The van der Waals surface area contributed by atoms with Crippen LogP contribution in [0.4, 0.5) is 0 Å². The van der Waals surface area contributed by atoms with E-state index in [0.29, 0.717) is 30.8 Å². The molecule has 1 spiro atoms. The quantitative estimate of drug-likeness (QED) is 0.577. The van der Waals surface area contributed by atoms with E-state index in [1.807, 2.05) is 43.4 Å². The molecule has 0 aromatic heterocycles. The van der Waals surface area contributed by atoms with Crippen molar-refractivity contribution in [3.63, 3.8) is 0 Å². The molecule has 2 aromatic rings. The van der Waals surface area contributed by atoms with Crippen LogP contribution in [0.1, 0.15) is 55.4 Å². The second kappa shape index (κ2) is 8.60. The third-order valence-electron chi connectivity index (χ3n) is 8.70. The van der Waals surface area contributed by atoms with Crippen LogP contribution in [-0.4, -0.2) is 58.4 Å². The summed E-state index contributed by atoms with van der Waals surface area (Å²) in [6.07, 6.45) is 1.88. The van der Waals surface area contributed by atoms with Crippen molar-refractivity contribution in [2.75, 3.05) is 13.6 Å². The molecule has 4 aliphatic rings. The summed E-state index contributed by atoms with van der Waals surface area (Å²) >= 11 is 0. The predicted molar refractivity (Wildman–Crippen MR) is 133 cm³/mol. The van der Waals surface area contributed by atoms with Crippen molar-refractivity contribution < 1.29 is 34.0 Å². The Morgan fingerprint density at radius 2 is 1.92 bits per heavy atom. The Morgan fingerprint density at radius 1 is 1.16 bits per heavy atom. The maximum absolute atomic E-state index is 12.8. The van der Waals surface area contributed by atoms with Gasteiger partial charge in [0.2, 0.25) is 0 Å². The number of aliphatic hydroxyl groups is 1. The maximum atomic E-state index is 12.8. The lowest BCUT2D eigenvalue weighted by molar-refractivity contribution is -0.169. The van der Waals surface area contributed by atoms with Crippen LogP contribution in [0.2, 0.25) is 0 Å². The number of likely N-dealkylation sites (tertiary alicyclic amines) is 1.